The van der Waals surface area contributed by atoms with Gasteiger partial charge in [-0.1, -0.05) is 84.1 Å². The number of ether oxygens (including phenoxy) is 4. The quantitative estimate of drug-likeness (QED) is 0.0384. The van der Waals surface area contributed by atoms with Crippen LogP contribution in [0.2, 0.25) is 0 Å². The van der Waals surface area contributed by atoms with E-state index in [9.17, 15) is 39.3 Å². The highest BCUT2D eigenvalue weighted by Gasteiger charge is 2.53. The molecule has 13 nitrogen and oxygen atoms in total. The van der Waals surface area contributed by atoms with Crippen LogP contribution in [0.3, 0.4) is 0 Å². The number of likely N-dealkylation sites (tertiary alicyclic amines) is 1. The Hall–Kier alpha value is -3.33. The average Bonchev–Trinajstić information content (AvgIpc) is 3.26. The molecule has 0 aromatic carbocycles. The van der Waals surface area contributed by atoms with Gasteiger partial charge in [-0.25, -0.2) is 4.79 Å². The van der Waals surface area contributed by atoms with Crippen LogP contribution in [0.5, 0.6) is 0 Å². The number of methoxy groups -OCH3 is 2. The van der Waals surface area contributed by atoms with Crippen molar-refractivity contribution in [3.8, 4) is 0 Å². The van der Waals surface area contributed by atoms with Crippen LogP contribution < -0.4 is 0 Å². The van der Waals surface area contributed by atoms with E-state index in [4.69, 9.17) is 18.9 Å². The van der Waals surface area contributed by atoms with E-state index in [1.54, 1.807) is 40.0 Å². The number of ketones is 3. The summed E-state index contributed by atoms with van der Waals surface area (Å²) in [6.07, 6.45) is 10.9. The molecular formula is C51H81NO12. The second-order valence-electron chi connectivity index (χ2n) is 19.5. The Morgan fingerprint density at radius 3 is 2.31 bits per heavy atom. The second-order valence-corrected chi connectivity index (χ2v) is 19.5. The van der Waals surface area contributed by atoms with Crippen molar-refractivity contribution < 1.29 is 58.2 Å². The number of hydrogen-bond acceptors (Lipinski definition) is 12. The number of nitrogens with zero attached hydrogens (tertiary/aromatic N) is 1. The maximum absolute atomic E-state index is 14.3. The molecule has 1 saturated carbocycles. The van der Waals surface area contributed by atoms with Gasteiger partial charge in [0.15, 0.2) is 5.78 Å². The van der Waals surface area contributed by atoms with Gasteiger partial charge in [0.25, 0.3) is 11.7 Å². The van der Waals surface area contributed by atoms with Crippen molar-refractivity contribution in [3.05, 3.63) is 48.1 Å². The third kappa shape index (κ3) is 15.4. The Kier molecular flexibility index (Phi) is 22.5. The molecule has 3 fully saturated rings. The van der Waals surface area contributed by atoms with Crippen LogP contribution in [0, 0.1) is 35.5 Å². The van der Waals surface area contributed by atoms with Crippen molar-refractivity contribution >= 4 is 29.2 Å². The number of aliphatic hydroxyl groups excluding tert-OH is 2. The van der Waals surface area contributed by atoms with E-state index < -0.39 is 71.8 Å². The lowest BCUT2D eigenvalue weighted by Crippen LogP contribution is -2.60. The number of rotatable bonds is 24. The minimum atomic E-state index is -2.36. The summed E-state index contributed by atoms with van der Waals surface area (Å²) in [5.74, 6) is -7.33. The van der Waals surface area contributed by atoms with E-state index in [-0.39, 0.29) is 60.7 Å². The number of hydrogen-bond donors (Lipinski definition) is 3. The number of Topliss-reactive ketones (excluding diaryl/α,β-unsaturated/α-hetero) is 3. The predicted molar refractivity (Wildman–Crippen MR) is 246 cm³/mol. The third-order valence-electron chi connectivity index (χ3n) is 13.8. The molecule has 3 N–H and O–H groups in total. The van der Waals surface area contributed by atoms with Gasteiger partial charge in [-0.2, -0.15) is 0 Å². The lowest BCUT2D eigenvalue weighted by atomic mass is 9.78. The van der Waals surface area contributed by atoms with Crippen molar-refractivity contribution in [1.82, 2.24) is 4.90 Å². The van der Waals surface area contributed by atoms with Gasteiger partial charge >= 0.3 is 5.97 Å². The van der Waals surface area contributed by atoms with E-state index >= 15 is 0 Å². The van der Waals surface area contributed by atoms with E-state index in [1.807, 2.05) is 52.8 Å². The second kappa shape index (κ2) is 26.1. The Balaban J connectivity index is 1.83. The summed E-state index contributed by atoms with van der Waals surface area (Å²) in [7, 11) is 2.95. The van der Waals surface area contributed by atoms with Crippen LogP contribution in [-0.4, -0.2) is 119 Å². The number of allylic oxidation sites excluding steroid dienone is 6. The molecule has 362 valence electrons. The summed E-state index contributed by atoms with van der Waals surface area (Å²) in [4.78, 5) is 71.0. The van der Waals surface area contributed by atoms with Gasteiger partial charge in [-0.05, 0) is 114 Å². The van der Waals surface area contributed by atoms with E-state index in [0.717, 1.165) is 12.0 Å². The summed E-state index contributed by atoms with van der Waals surface area (Å²) in [5, 5.41) is 33.5. The number of piperidine rings is 1. The van der Waals surface area contributed by atoms with Gasteiger partial charge in [0.05, 0.1) is 18.3 Å². The molecule has 2 heterocycles. The van der Waals surface area contributed by atoms with Gasteiger partial charge in [0.2, 0.25) is 5.79 Å². The molecule has 13 heteroatoms. The molecule has 3 aliphatic rings. The standard InChI is InChI=1S/C51H81NO12/c1-12-13-14-17-32(4)19-22-39-23-20-37(9)51(60,64-39)48(57)49(58)52-25-16-15-18-40(52)50(59)63-43(34(6)28-38-21-24-41(53)44(29-38)61-10)30-42(54)33(5)27-36(8)46(56)47(62-11)45(55)35(7)26-31(2)3/h12-14,17,27,31,33-35,37-41,43-44,46-47,53,56,60H,1,15-16,18-26,28-30H2,2-11H3/b14-13+,32-17+,36-27+/t33-,34-,35-,37-,38+,39-,40?,41-,43+,44-,46-,47+,51-/m1/s1. The monoisotopic (exact) mass is 900 g/mol. The molecule has 1 unspecified atom stereocenters. The van der Waals surface area contributed by atoms with Crippen molar-refractivity contribution in [1.29, 1.82) is 0 Å². The highest BCUT2D eigenvalue weighted by atomic mass is 16.6. The zero-order valence-corrected chi connectivity index (χ0v) is 40.5. The Bertz CT molecular complexity index is 1670. The fourth-order valence-electron chi connectivity index (χ4n) is 9.66. The summed E-state index contributed by atoms with van der Waals surface area (Å²) < 4.78 is 23.3. The van der Waals surface area contributed by atoms with Crippen LogP contribution in [-0.2, 0) is 42.9 Å². The first-order valence-corrected chi connectivity index (χ1v) is 23.8. The summed E-state index contributed by atoms with van der Waals surface area (Å²) in [6, 6.07) is -1.12. The van der Waals surface area contributed by atoms with Gasteiger partial charge in [-0.3, -0.25) is 19.2 Å². The minimum absolute atomic E-state index is 0.104. The topological polar surface area (TPSA) is 186 Å². The smallest absolute Gasteiger partial charge is 0.329 e. The maximum atomic E-state index is 14.3. The van der Waals surface area contributed by atoms with Crippen molar-refractivity contribution in [3.63, 3.8) is 0 Å². The van der Waals surface area contributed by atoms with Gasteiger partial charge in [-0.15, -0.1) is 0 Å². The lowest BCUT2D eigenvalue weighted by molar-refractivity contribution is -0.263. The fraction of sp³-hybridized carbons (Fsp3) is 0.745. The highest BCUT2D eigenvalue weighted by Crippen LogP contribution is 2.37. The summed E-state index contributed by atoms with van der Waals surface area (Å²) >= 11 is 0. The zero-order chi connectivity index (χ0) is 47.9. The van der Waals surface area contributed by atoms with Crippen LogP contribution in [0.1, 0.15) is 139 Å². The Morgan fingerprint density at radius 1 is 0.969 bits per heavy atom. The normalized spacial score (nSPS) is 28.8. The lowest BCUT2D eigenvalue weighted by Gasteiger charge is -2.42. The average molecular weight is 900 g/mol. The molecule has 0 aromatic rings. The molecule has 0 radical (unpaired) electrons. The number of aliphatic hydroxyl groups is 3. The fourth-order valence-corrected chi connectivity index (χ4v) is 9.66. The number of carbonyl (C=O) groups is 5. The zero-order valence-electron chi connectivity index (χ0n) is 40.5. The van der Waals surface area contributed by atoms with Crippen molar-refractivity contribution in [2.24, 2.45) is 35.5 Å². The van der Waals surface area contributed by atoms with Gasteiger partial charge < -0.3 is 39.2 Å². The first-order valence-electron chi connectivity index (χ1n) is 23.8. The van der Waals surface area contributed by atoms with E-state index in [2.05, 4.69) is 6.58 Å². The first kappa shape index (κ1) is 55.0. The number of amides is 1. The molecule has 1 amide bonds. The van der Waals surface area contributed by atoms with Gasteiger partial charge in [0.1, 0.15) is 30.1 Å². The van der Waals surface area contributed by atoms with Crippen LogP contribution in [0.4, 0.5) is 0 Å². The van der Waals surface area contributed by atoms with Crippen LogP contribution in [0.15, 0.2) is 48.1 Å². The summed E-state index contributed by atoms with van der Waals surface area (Å²) in [5.41, 5.74) is 1.49. The number of carbonyl (C=O) groups excluding carboxylic acids is 5. The van der Waals surface area contributed by atoms with E-state index in [1.165, 1.54) is 12.0 Å². The molecule has 2 saturated heterocycles. The molecule has 0 aromatic heterocycles. The molecule has 0 spiro atoms. The third-order valence-corrected chi connectivity index (χ3v) is 13.8. The maximum Gasteiger partial charge on any atom is 0.329 e. The largest absolute Gasteiger partial charge is 0.460 e. The highest BCUT2D eigenvalue weighted by molar-refractivity contribution is 6.39. The Morgan fingerprint density at radius 2 is 1.67 bits per heavy atom. The molecule has 0 bridgehead atoms. The summed E-state index contributed by atoms with van der Waals surface area (Å²) in [6.45, 7) is 18.6. The number of esters is 1. The molecular weight excluding hydrogens is 819 g/mol. The van der Waals surface area contributed by atoms with Crippen molar-refractivity contribution in [2.75, 3.05) is 20.8 Å². The Labute approximate surface area is 383 Å². The minimum Gasteiger partial charge on any atom is -0.460 e. The van der Waals surface area contributed by atoms with Crippen LogP contribution >= 0.6 is 0 Å². The predicted octanol–water partition coefficient (Wildman–Crippen LogP) is 7.19. The first-order chi connectivity index (χ1) is 30.2. The van der Waals surface area contributed by atoms with E-state index in [0.29, 0.717) is 69.8 Å². The van der Waals surface area contributed by atoms with Crippen LogP contribution in [0.25, 0.3) is 0 Å². The SMILES string of the molecule is C=C/C=C/C=C(\C)CC[C@@H]1CC[C@@H](C)[C@](O)(C(=O)C(=O)N2CCCCC2C(=O)O[C@@H](CC(=O)[C@H](C)/C=C(\C)[C@@H](O)[C@@H](OC)C(=O)[C@H](C)CC(C)C)[C@H](C)C[C@@H]2CC[C@@H](O)[C@H](OC)C2)O1. The molecule has 64 heavy (non-hydrogen) atoms. The van der Waals surface area contributed by atoms with Gasteiger partial charge in [0, 0.05) is 44.9 Å². The molecule has 1 aliphatic carbocycles. The molecule has 3 rings (SSSR count). The molecule has 13 atom stereocenters. The molecule has 2 aliphatic heterocycles. The van der Waals surface area contributed by atoms with Crippen molar-refractivity contribution in [2.45, 2.75) is 187 Å².